The van der Waals surface area contributed by atoms with Crippen LogP contribution >= 0.6 is 0 Å². The standard InChI is InChI=1S/C46H34N6.C4H6.Mn/c1-7-19-34(20-8-1)40-31-43(37-25-13-4-14-26-37)50(47-40)46(51-44(38-27-15-5-16-28-38)32-41(48-51)35-21-9-2-10-22-35)52-45(39-29-17-6-18-30-39)33-42(49-52)36-23-11-3-12-24-36;1-3-4-2;/h1-33,46H;3-4H,1-2H2;. The monoisotopic (exact) mass is 779 g/mol. The van der Waals surface area contributed by atoms with Crippen LogP contribution in [0.15, 0.2) is 226 Å². The molecule has 277 valence electrons. The maximum absolute atomic E-state index is 5.44. The molecule has 0 aliphatic carbocycles. The molecular formula is C50H40MnN6. The van der Waals surface area contributed by atoms with E-state index in [-0.39, 0.29) is 17.1 Å². The van der Waals surface area contributed by atoms with E-state index in [4.69, 9.17) is 15.3 Å². The molecule has 57 heavy (non-hydrogen) atoms. The molecule has 0 aliphatic heterocycles. The first-order valence-corrected chi connectivity index (χ1v) is 18.6. The third-order valence-electron chi connectivity index (χ3n) is 9.45. The summed E-state index contributed by atoms with van der Waals surface area (Å²) in [6, 6.07) is 68.8. The molecule has 9 aromatic rings. The summed E-state index contributed by atoms with van der Waals surface area (Å²) in [6.07, 6.45) is 2.62. The van der Waals surface area contributed by atoms with E-state index in [1.165, 1.54) is 0 Å². The molecule has 6 nitrogen and oxygen atoms in total. The Morgan fingerprint density at radius 3 is 0.754 bits per heavy atom. The summed E-state index contributed by atoms with van der Waals surface area (Å²) in [5.74, 6) is 0. The molecule has 1 radical (unpaired) electrons. The Hall–Kier alpha value is -7.05. The minimum Gasteiger partial charge on any atom is -0.219 e. The molecule has 0 aliphatic rings. The van der Waals surface area contributed by atoms with Gasteiger partial charge in [0.05, 0.1) is 34.2 Å². The number of hydrogen-bond donors (Lipinski definition) is 0. The maximum Gasteiger partial charge on any atom is 0.240 e. The van der Waals surface area contributed by atoms with E-state index >= 15 is 0 Å². The number of aromatic nitrogens is 6. The fourth-order valence-electron chi connectivity index (χ4n) is 6.75. The van der Waals surface area contributed by atoms with Gasteiger partial charge in [-0.3, -0.25) is 0 Å². The van der Waals surface area contributed by atoms with Crippen molar-refractivity contribution < 1.29 is 17.1 Å². The summed E-state index contributed by atoms with van der Waals surface area (Å²) in [6.45, 7) is 6.72. The Labute approximate surface area is 344 Å². The molecule has 7 heteroatoms. The van der Waals surface area contributed by atoms with Crippen molar-refractivity contribution in [1.82, 2.24) is 29.3 Å². The molecule has 0 fully saturated rings. The van der Waals surface area contributed by atoms with Crippen LogP contribution in [0.4, 0.5) is 0 Å². The average Bonchev–Trinajstić information content (AvgIpc) is 4.05. The van der Waals surface area contributed by atoms with Crippen LogP contribution in [0.1, 0.15) is 6.29 Å². The van der Waals surface area contributed by atoms with Crippen molar-refractivity contribution in [3.05, 3.63) is 226 Å². The number of allylic oxidation sites excluding steroid dienone is 2. The number of nitrogens with zero attached hydrogens (tertiary/aromatic N) is 6. The largest absolute Gasteiger partial charge is 0.240 e. The first-order chi connectivity index (χ1) is 27.7. The van der Waals surface area contributed by atoms with Gasteiger partial charge in [-0.2, -0.15) is 15.3 Å². The number of hydrogen-bond acceptors (Lipinski definition) is 3. The van der Waals surface area contributed by atoms with Gasteiger partial charge >= 0.3 is 0 Å². The average molecular weight is 780 g/mol. The van der Waals surface area contributed by atoms with Crippen molar-refractivity contribution >= 4 is 0 Å². The Morgan fingerprint density at radius 2 is 0.544 bits per heavy atom. The molecule has 9 rings (SSSR count). The van der Waals surface area contributed by atoms with E-state index < -0.39 is 6.29 Å². The van der Waals surface area contributed by atoms with Crippen LogP contribution in [-0.4, -0.2) is 29.3 Å². The van der Waals surface area contributed by atoms with Crippen molar-refractivity contribution in [1.29, 1.82) is 0 Å². The molecule has 3 aromatic heterocycles. The molecule has 6 aromatic carbocycles. The molecule has 0 bridgehead atoms. The predicted octanol–water partition coefficient (Wildman–Crippen LogP) is 12.2. The second-order valence-corrected chi connectivity index (χ2v) is 13.1. The van der Waals surface area contributed by atoms with Gasteiger partial charge in [0.15, 0.2) is 0 Å². The maximum atomic E-state index is 5.44. The zero-order valence-electron chi connectivity index (χ0n) is 31.3. The first-order valence-electron chi connectivity index (χ1n) is 18.6. The molecular weight excluding hydrogens is 740 g/mol. The number of benzene rings is 6. The summed E-state index contributed by atoms with van der Waals surface area (Å²) < 4.78 is 6.25. The van der Waals surface area contributed by atoms with E-state index in [2.05, 4.69) is 155 Å². The topological polar surface area (TPSA) is 53.5 Å². The third kappa shape index (κ3) is 8.31. The van der Waals surface area contributed by atoms with Crippen LogP contribution in [0.25, 0.3) is 67.5 Å². The normalized spacial score (nSPS) is 10.6. The van der Waals surface area contributed by atoms with E-state index in [1.807, 2.05) is 72.8 Å². The summed E-state index contributed by atoms with van der Waals surface area (Å²) in [7, 11) is 0. The smallest absolute Gasteiger partial charge is 0.219 e. The fourth-order valence-corrected chi connectivity index (χ4v) is 6.75. The van der Waals surface area contributed by atoms with Crippen LogP contribution in [0, 0.1) is 0 Å². The summed E-state index contributed by atoms with van der Waals surface area (Å²) >= 11 is 0. The van der Waals surface area contributed by atoms with Crippen LogP contribution in [-0.2, 0) is 17.1 Å². The van der Waals surface area contributed by atoms with Gasteiger partial charge in [0.2, 0.25) is 6.29 Å². The van der Waals surface area contributed by atoms with E-state index in [1.54, 1.807) is 12.2 Å². The predicted molar refractivity (Wildman–Crippen MR) is 230 cm³/mol. The van der Waals surface area contributed by atoms with Crippen molar-refractivity contribution in [2.45, 2.75) is 6.29 Å². The molecule has 0 amide bonds. The van der Waals surface area contributed by atoms with Gasteiger partial charge in [-0.15, -0.1) is 0 Å². The summed E-state index contributed by atoms with van der Waals surface area (Å²) in [4.78, 5) is 0. The third-order valence-corrected chi connectivity index (χ3v) is 9.45. The first kappa shape index (κ1) is 38.2. The molecule has 0 saturated carbocycles. The van der Waals surface area contributed by atoms with Crippen molar-refractivity contribution in [3.8, 4) is 67.5 Å². The van der Waals surface area contributed by atoms with E-state index in [0.29, 0.717) is 0 Å². The van der Waals surface area contributed by atoms with E-state index in [0.717, 1.165) is 67.5 Å². The van der Waals surface area contributed by atoms with Crippen LogP contribution in [0.3, 0.4) is 0 Å². The van der Waals surface area contributed by atoms with Gasteiger partial charge in [0.1, 0.15) is 0 Å². The van der Waals surface area contributed by atoms with Gasteiger partial charge < -0.3 is 0 Å². The quantitative estimate of drug-likeness (QED) is 0.103. The van der Waals surface area contributed by atoms with Gasteiger partial charge in [0, 0.05) is 33.8 Å². The van der Waals surface area contributed by atoms with Crippen LogP contribution in [0.2, 0.25) is 0 Å². The Balaban J connectivity index is 0.000000949. The molecule has 0 saturated heterocycles. The zero-order valence-corrected chi connectivity index (χ0v) is 32.4. The van der Waals surface area contributed by atoms with Crippen molar-refractivity contribution in [2.75, 3.05) is 0 Å². The summed E-state index contributed by atoms with van der Waals surface area (Å²) in [5.41, 5.74) is 11.6. The van der Waals surface area contributed by atoms with Gasteiger partial charge in [-0.25, -0.2) is 14.0 Å². The second kappa shape index (κ2) is 18.1. The SMILES string of the molecule is C=CC=C.[Mn].c1ccc(-c2cc(-c3ccccc3)n(C(n3nc(-c4ccccc4)cc3-c3ccccc3)n3nc(-c4ccccc4)cc3-c3ccccc3)n2)cc1. The van der Waals surface area contributed by atoms with Crippen molar-refractivity contribution in [2.24, 2.45) is 0 Å². The Kier molecular flexibility index (Phi) is 12.1. The van der Waals surface area contributed by atoms with Gasteiger partial charge in [0.25, 0.3) is 0 Å². The minimum absolute atomic E-state index is 0. The molecule has 0 unspecified atom stereocenters. The van der Waals surface area contributed by atoms with Crippen LogP contribution in [0.5, 0.6) is 0 Å². The zero-order chi connectivity index (χ0) is 38.1. The number of rotatable bonds is 10. The summed E-state index contributed by atoms with van der Waals surface area (Å²) in [5, 5.41) is 16.3. The van der Waals surface area contributed by atoms with Crippen LogP contribution < -0.4 is 0 Å². The molecule has 0 N–H and O–H groups in total. The molecule has 0 spiro atoms. The van der Waals surface area contributed by atoms with E-state index in [9.17, 15) is 0 Å². The van der Waals surface area contributed by atoms with Crippen molar-refractivity contribution in [3.63, 3.8) is 0 Å². The van der Waals surface area contributed by atoms with Gasteiger partial charge in [-0.05, 0) is 34.9 Å². The second-order valence-electron chi connectivity index (χ2n) is 13.1. The molecule has 3 heterocycles. The fraction of sp³-hybridized carbons (Fsp3) is 0.0200. The van der Waals surface area contributed by atoms with Gasteiger partial charge in [-0.1, -0.05) is 207 Å². The Morgan fingerprint density at radius 1 is 0.333 bits per heavy atom. The molecule has 0 atom stereocenters. The Bertz CT molecular complexity index is 2360. The minimum atomic E-state index is -0.659.